The van der Waals surface area contributed by atoms with Crippen molar-refractivity contribution in [3.8, 4) is 0 Å². The second kappa shape index (κ2) is 45.1. The van der Waals surface area contributed by atoms with Gasteiger partial charge in [0.25, 0.3) is 5.91 Å². The lowest BCUT2D eigenvalue weighted by molar-refractivity contribution is -0.144. The van der Waals surface area contributed by atoms with Crippen molar-refractivity contribution in [3.63, 3.8) is 0 Å². The number of nitrogens with one attached hydrogen (secondary N) is 1. The van der Waals surface area contributed by atoms with Crippen LogP contribution < -0.4 is 5.32 Å². The molecule has 1 N–H and O–H groups in total. The highest BCUT2D eigenvalue weighted by atomic mass is 32.1. The quantitative estimate of drug-likeness (QED) is 0.0505. The summed E-state index contributed by atoms with van der Waals surface area (Å²) in [6.45, 7) is 14.2. The highest BCUT2D eigenvalue weighted by molar-refractivity contribution is 7.12. The van der Waals surface area contributed by atoms with Crippen LogP contribution in [-0.4, -0.2) is 93.7 Å². The maximum atomic E-state index is 13.6. The van der Waals surface area contributed by atoms with E-state index in [1.54, 1.807) is 11.3 Å². The number of ether oxygens (including phenoxy) is 3. The second-order valence-electron chi connectivity index (χ2n) is 18.7. The van der Waals surface area contributed by atoms with Gasteiger partial charge < -0.3 is 24.4 Å². The van der Waals surface area contributed by atoms with E-state index in [0.29, 0.717) is 77.3 Å². The molecule has 1 aliphatic heterocycles. The van der Waals surface area contributed by atoms with Crippen LogP contribution in [0.2, 0.25) is 0 Å². The van der Waals surface area contributed by atoms with E-state index in [2.05, 4.69) is 42.8 Å². The van der Waals surface area contributed by atoms with E-state index in [1.165, 1.54) is 96.3 Å². The molecular formula is C55H105N3O7S. The van der Waals surface area contributed by atoms with Gasteiger partial charge >= 0.3 is 11.9 Å². The number of nitrogens with zero attached hydrogens (tertiary/aromatic N) is 2. The summed E-state index contributed by atoms with van der Waals surface area (Å²) in [5.41, 5.74) is 1.79. The largest absolute Gasteiger partial charge is 0.466 e. The third-order valence-electron chi connectivity index (χ3n) is 12.1. The van der Waals surface area contributed by atoms with Crippen LogP contribution in [0.25, 0.3) is 0 Å². The lowest BCUT2D eigenvalue weighted by atomic mass is 9.98. The number of fused-ring (bicyclic) bond motifs is 1. The molecule has 388 valence electrons. The zero-order valence-corrected chi connectivity index (χ0v) is 43.8. The van der Waals surface area contributed by atoms with Crippen molar-refractivity contribution >= 4 is 35.0 Å². The summed E-state index contributed by atoms with van der Waals surface area (Å²) in [4.78, 5) is 57.4. The lowest BCUT2D eigenvalue weighted by Crippen LogP contribution is -2.33. The van der Waals surface area contributed by atoms with Gasteiger partial charge in [-0.25, -0.2) is 0 Å². The molecule has 0 aliphatic carbocycles. The molecular weight excluding hydrogens is 847 g/mol. The first-order valence-corrected chi connectivity index (χ1v) is 27.7. The third-order valence-corrected chi connectivity index (χ3v) is 13.3. The molecule has 1 aromatic rings. The molecule has 10 nitrogen and oxygen atoms in total. The number of rotatable bonds is 42. The lowest BCUT2D eigenvalue weighted by Gasteiger charge is -2.26. The van der Waals surface area contributed by atoms with Crippen LogP contribution >= 0.6 is 11.3 Å². The van der Waals surface area contributed by atoms with Crippen molar-refractivity contribution in [1.29, 1.82) is 0 Å². The molecule has 1 amide bonds. The van der Waals surface area contributed by atoms with Crippen molar-refractivity contribution in [1.82, 2.24) is 15.1 Å². The maximum absolute atomic E-state index is 13.6. The Morgan fingerprint density at radius 3 is 1.59 bits per heavy atom. The summed E-state index contributed by atoms with van der Waals surface area (Å²) in [6, 6.07) is 0. The number of esters is 2. The van der Waals surface area contributed by atoms with Crippen LogP contribution in [0.1, 0.15) is 255 Å². The Morgan fingerprint density at radius 2 is 1.06 bits per heavy atom. The topological polar surface area (TPSA) is 114 Å². The number of hydrogen-bond acceptors (Lipinski definition) is 10. The molecule has 66 heavy (non-hydrogen) atoms. The van der Waals surface area contributed by atoms with E-state index in [-0.39, 0.29) is 38.9 Å². The monoisotopic (exact) mass is 952 g/mol. The fourth-order valence-corrected chi connectivity index (χ4v) is 9.49. The number of unbranched alkanes of at least 4 members (excludes halogenated alkanes) is 21. The minimum absolute atomic E-state index is 0. The first-order chi connectivity index (χ1) is 31.7. The van der Waals surface area contributed by atoms with Gasteiger partial charge in [-0.05, 0) is 77.6 Å². The van der Waals surface area contributed by atoms with Crippen molar-refractivity contribution in [2.75, 3.05) is 60.3 Å². The van der Waals surface area contributed by atoms with Crippen molar-refractivity contribution in [2.24, 2.45) is 0 Å². The number of Topliss-reactive ketones (excluding diaryl/α,β-unsaturated/α-hetero) is 1. The molecule has 0 aromatic carbocycles. The van der Waals surface area contributed by atoms with Crippen molar-refractivity contribution in [2.45, 2.75) is 247 Å². The molecule has 0 spiro atoms. The van der Waals surface area contributed by atoms with Crippen LogP contribution in [0.3, 0.4) is 0 Å². The summed E-state index contributed by atoms with van der Waals surface area (Å²) in [5, 5.41) is 3.12. The molecule has 2 rings (SSSR count). The van der Waals surface area contributed by atoms with Gasteiger partial charge in [0.15, 0.2) is 0 Å². The molecule has 1 aromatic heterocycles. The Hall–Kier alpha value is -2.34. The van der Waals surface area contributed by atoms with E-state index in [0.717, 1.165) is 99.0 Å². The van der Waals surface area contributed by atoms with Gasteiger partial charge in [0, 0.05) is 63.1 Å². The normalized spacial score (nSPS) is 12.3. The molecule has 0 bridgehead atoms. The molecule has 0 atom stereocenters. The van der Waals surface area contributed by atoms with Gasteiger partial charge in [0.2, 0.25) is 0 Å². The highest BCUT2D eigenvalue weighted by Crippen LogP contribution is 2.34. The van der Waals surface area contributed by atoms with Crippen LogP contribution in [-0.2, 0) is 48.0 Å². The van der Waals surface area contributed by atoms with Crippen LogP contribution in [0.4, 0.5) is 0 Å². The van der Waals surface area contributed by atoms with E-state index in [4.69, 9.17) is 14.2 Å². The summed E-state index contributed by atoms with van der Waals surface area (Å²) in [7, 11) is 4.05. The van der Waals surface area contributed by atoms with Gasteiger partial charge in [-0.3, -0.25) is 24.1 Å². The average Bonchev–Trinajstić information content (AvgIpc) is 3.65. The van der Waals surface area contributed by atoms with Gasteiger partial charge in [-0.1, -0.05) is 164 Å². The van der Waals surface area contributed by atoms with E-state index in [1.807, 2.05) is 14.1 Å². The van der Waals surface area contributed by atoms with E-state index >= 15 is 0 Å². The second-order valence-corrected chi connectivity index (χ2v) is 19.9. The number of thiophene rings is 1. The number of carbonyl (C=O) groups is 4. The molecule has 0 unspecified atom stereocenters. The number of carbonyl (C=O) groups excluding carboxylic acids is 4. The summed E-state index contributed by atoms with van der Waals surface area (Å²) in [5.74, 6) is -0.204. The Balaban J connectivity index is 0. The molecule has 1 aliphatic rings. The zero-order valence-electron chi connectivity index (χ0n) is 42.9. The predicted molar refractivity (Wildman–Crippen MR) is 281 cm³/mol. The summed E-state index contributed by atoms with van der Waals surface area (Å²) >= 11 is 1.60. The number of ketones is 1. The maximum Gasteiger partial charge on any atom is 0.305 e. The average molecular weight is 953 g/mol. The van der Waals surface area contributed by atoms with Crippen LogP contribution in [0.15, 0.2) is 0 Å². The van der Waals surface area contributed by atoms with Gasteiger partial charge in [-0.2, -0.15) is 0 Å². The van der Waals surface area contributed by atoms with E-state index < -0.39 is 0 Å². The SMILES string of the molecule is C.CCCCCCC.CCCCCCCCCOC(=O)CCCCCCCOCN1CCc2c(sc(CC(=O)CCCCC(=O)OCCCCCCCCC)c2C(=O)NCCCN(C)C)C1.[HH]. The molecule has 0 saturated heterocycles. The molecule has 0 fully saturated rings. The van der Waals surface area contributed by atoms with Gasteiger partial charge in [-0.15, -0.1) is 11.3 Å². The Kier molecular flexibility index (Phi) is 43.5. The Bertz CT molecular complexity index is 1340. The molecule has 0 radical (unpaired) electrons. The van der Waals surface area contributed by atoms with Crippen LogP contribution in [0.5, 0.6) is 0 Å². The van der Waals surface area contributed by atoms with Crippen molar-refractivity contribution in [3.05, 3.63) is 20.9 Å². The molecule has 11 heteroatoms. The third kappa shape index (κ3) is 34.9. The number of hydrogen-bond donors (Lipinski definition) is 1. The predicted octanol–water partition coefficient (Wildman–Crippen LogP) is 14.2. The molecule has 0 saturated carbocycles. The molecule has 2 heterocycles. The van der Waals surface area contributed by atoms with Crippen LogP contribution in [0, 0.1) is 0 Å². The highest BCUT2D eigenvalue weighted by Gasteiger charge is 2.28. The number of amides is 1. The smallest absolute Gasteiger partial charge is 0.305 e. The summed E-state index contributed by atoms with van der Waals surface area (Å²) in [6.07, 6.45) is 33.3. The van der Waals surface area contributed by atoms with Crippen molar-refractivity contribution < 1.29 is 34.8 Å². The summed E-state index contributed by atoms with van der Waals surface area (Å²) < 4.78 is 16.9. The fourth-order valence-electron chi connectivity index (χ4n) is 8.07. The Labute approximate surface area is 411 Å². The first-order valence-electron chi connectivity index (χ1n) is 26.9. The Morgan fingerprint density at radius 1 is 0.606 bits per heavy atom. The fraction of sp³-hybridized carbons (Fsp3) is 0.855. The first kappa shape index (κ1) is 63.7. The standard InChI is InChI=1S/C47H83N3O7S.C7H16.CH4.H2/c1-5-7-9-11-13-18-24-35-56-44(52)28-20-16-15-17-23-34-55-39-50-33-30-41-43(38-50)58-42(46(41)47(54)48-31-26-32-49(3)4)37-40(51)27-21-22-29-45(53)57-36-25-19-14-12-10-8-6-2;1-3-5-7-6-4-2;;/h5-39H2,1-4H3,(H,48,54);3-7H2,1-2H3;1H4;1H. The minimum Gasteiger partial charge on any atom is -0.466 e. The zero-order chi connectivity index (χ0) is 47.6. The minimum atomic E-state index is -0.175. The van der Waals surface area contributed by atoms with Gasteiger partial charge in [0.05, 0.1) is 25.5 Å². The van der Waals surface area contributed by atoms with Gasteiger partial charge in [0.1, 0.15) is 5.78 Å². The van der Waals surface area contributed by atoms with E-state index in [9.17, 15) is 19.2 Å².